The Morgan fingerprint density at radius 2 is 1.76 bits per heavy atom. The minimum Gasteiger partial charge on any atom is -0.479 e. The van der Waals surface area contributed by atoms with Crippen LogP contribution in [-0.2, 0) is 19.6 Å². The molecule has 0 saturated carbocycles. The van der Waals surface area contributed by atoms with Crippen molar-refractivity contribution in [1.82, 2.24) is 0 Å². The first kappa shape index (κ1) is 23.3. The van der Waals surface area contributed by atoms with Crippen LogP contribution in [0.3, 0.4) is 0 Å². The minimum atomic E-state index is -3.87. The lowest BCUT2D eigenvalue weighted by Crippen LogP contribution is -2.34. The van der Waals surface area contributed by atoms with Crippen LogP contribution in [0, 0.1) is 6.92 Å². The van der Waals surface area contributed by atoms with Gasteiger partial charge in [0.05, 0.1) is 16.3 Å². The quantitative estimate of drug-likeness (QED) is 0.534. The third kappa shape index (κ3) is 5.04. The van der Waals surface area contributed by atoms with Crippen molar-refractivity contribution < 1.29 is 22.7 Å². The molecule has 4 rings (SSSR count). The molecule has 0 aliphatic carbocycles. The van der Waals surface area contributed by atoms with Gasteiger partial charge in [0, 0.05) is 18.7 Å². The summed E-state index contributed by atoms with van der Waals surface area (Å²) in [6.07, 6.45) is -0.663. The Kier molecular flexibility index (Phi) is 6.56. The average Bonchev–Trinajstić information content (AvgIpc) is 2.82. The zero-order valence-corrected chi connectivity index (χ0v) is 19.6. The molecule has 0 fully saturated rings. The van der Waals surface area contributed by atoms with Gasteiger partial charge < -0.3 is 15.4 Å². The van der Waals surface area contributed by atoms with Crippen LogP contribution in [0.4, 0.5) is 17.1 Å². The van der Waals surface area contributed by atoms with Gasteiger partial charge in [-0.2, -0.15) is 0 Å². The fraction of sp³-hybridized carbons (Fsp3) is 0.200. The van der Waals surface area contributed by atoms with Gasteiger partial charge >= 0.3 is 0 Å². The second-order valence-corrected chi connectivity index (χ2v) is 9.85. The zero-order chi connectivity index (χ0) is 24.3. The fourth-order valence-corrected chi connectivity index (χ4v) is 5.02. The number of anilines is 3. The molecule has 1 heterocycles. The third-order valence-electron chi connectivity index (χ3n) is 5.39. The Morgan fingerprint density at radius 3 is 2.47 bits per heavy atom. The molecule has 9 heteroatoms. The van der Waals surface area contributed by atoms with E-state index in [9.17, 15) is 18.0 Å². The van der Waals surface area contributed by atoms with Crippen LogP contribution in [0.5, 0.6) is 5.75 Å². The lowest BCUT2D eigenvalue weighted by atomic mass is 10.2. The summed E-state index contributed by atoms with van der Waals surface area (Å²) < 4.78 is 33.5. The van der Waals surface area contributed by atoms with E-state index in [4.69, 9.17) is 4.74 Å². The second-order valence-electron chi connectivity index (χ2n) is 7.98. The predicted octanol–water partition coefficient (Wildman–Crippen LogP) is 3.94. The summed E-state index contributed by atoms with van der Waals surface area (Å²) in [6, 6.07) is 20.2. The van der Waals surface area contributed by atoms with Crippen molar-refractivity contribution in [1.29, 1.82) is 0 Å². The maximum absolute atomic E-state index is 13.3. The van der Waals surface area contributed by atoms with Gasteiger partial charge in [0.15, 0.2) is 6.10 Å². The maximum atomic E-state index is 13.3. The van der Waals surface area contributed by atoms with Crippen molar-refractivity contribution in [2.24, 2.45) is 0 Å². The van der Waals surface area contributed by atoms with Gasteiger partial charge in [-0.1, -0.05) is 35.9 Å². The van der Waals surface area contributed by atoms with Crippen LogP contribution in [0.2, 0.25) is 0 Å². The van der Waals surface area contributed by atoms with E-state index < -0.39 is 16.1 Å². The van der Waals surface area contributed by atoms with Gasteiger partial charge in [-0.05, 0) is 56.3 Å². The molecule has 34 heavy (non-hydrogen) atoms. The highest BCUT2D eigenvalue weighted by atomic mass is 32.2. The van der Waals surface area contributed by atoms with Gasteiger partial charge in [-0.15, -0.1) is 0 Å². The fourth-order valence-electron chi connectivity index (χ4n) is 3.53. The number of sulfonamides is 1. The minimum absolute atomic E-state index is 0.0472. The van der Waals surface area contributed by atoms with Gasteiger partial charge in [0.2, 0.25) is 5.91 Å². The largest absolute Gasteiger partial charge is 0.479 e. The topological polar surface area (TPSA) is 105 Å². The van der Waals surface area contributed by atoms with Gasteiger partial charge in [0.25, 0.3) is 15.9 Å². The molecule has 0 unspecified atom stereocenters. The molecule has 0 radical (unpaired) electrons. The Hall–Kier alpha value is -3.85. The molecule has 1 aliphatic heterocycles. The third-order valence-corrected chi connectivity index (χ3v) is 7.23. The number of hydrogen-bond donors (Lipinski definition) is 2. The Morgan fingerprint density at radius 1 is 1.06 bits per heavy atom. The van der Waals surface area contributed by atoms with Gasteiger partial charge in [-0.25, -0.2) is 8.42 Å². The number of carbonyl (C=O) groups is 2. The molecule has 0 saturated heterocycles. The number of fused-ring (bicyclic) bond motifs is 1. The van der Waals surface area contributed by atoms with E-state index in [1.165, 1.54) is 16.4 Å². The van der Waals surface area contributed by atoms with Crippen molar-refractivity contribution in [3.63, 3.8) is 0 Å². The average molecular weight is 480 g/mol. The summed E-state index contributed by atoms with van der Waals surface area (Å²) in [6.45, 7) is 3.52. The summed E-state index contributed by atoms with van der Waals surface area (Å²) >= 11 is 0. The monoisotopic (exact) mass is 479 g/mol. The number of amides is 2. The van der Waals surface area contributed by atoms with Crippen molar-refractivity contribution >= 4 is 38.9 Å². The number of carbonyl (C=O) groups excluding carboxylic acids is 2. The molecule has 3 aromatic carbocycles. The van der Waals surface area contributed by atoms with E-state index in [0.29, 0.717) is 22.8 Å². The van der Waals surface area contributed by atoms with Crippen LogP contribution >= 0.6 is 0 Å². The van der Waals surface area contributed by atoms with Gasteiger partial charge in [-0.3, -0.25) is 13.9 Å². The lowest BCUT2D eigenvalue weighted by Gasteiger charge is -2.25. The van der Waals surface area contributed by atoms with E-state index in [0.717, 1.165) is 5.56 Å². The van der Waals surface area contributed by atoms with Crippen molar-refractivity contribution in [2.75, 3.05) is 21.5 Å². The van der Waals surface area contributed by atoms with Crippen molar-refractivity contribution in [3.8, 4) is 5.75 Å². The highest BCUT2D eigenvalue weighted by Gasteiger charge is 2.26. The normalized spacial score (nSPS) is 15.0. The number of hydrogen-bond acceptors (Lipinski definition) is 5. The summed E-state index contributed by atoms with van der Waals surface area (Å²) in [5.74, 6) is -0.114. The molecule has 1 aliphatic rings. The van der Waals surface area contributed by atoms with Crippen molar-refractivity contribution in [3.05, 3.63) is 78.4 Å². The molecular formula is C25H25N3O5S. The summed E-state index contributed by atoms with van der Waals surface area (Å²) in [5, 5.41) is 5.49. The first-order valence-corrected chi connectivity index (χ1v) is 12.2. The smallest absolute Gasteiger partial charge is 0.265 e. The van der Waals surface area contributed by atoms with Crippen molar-refractivity contribution in [2.45, 2.75) is 31.3 Å². The highest BCUT2D eigenvalue weighted by Crippen LogP contribution is 2.32. The second kappa shape index (κ2) is 9.56. The number of aryl methyl sites for hydroxylation is 1. The Balaban J connectivity index is 1.50. The molecule has 176 valence electrons. The van der Waals surface area contributed by atoms with E-state index >= 15 is 0 Å². The molecule has 0 aromatic heterocycles. The zero-order valence-electron chi connectivity index (χ0n) is 18.8. The standard InChI is InChI=1S/C25H25N3O5S/c1-17-8-11-20(12-9-17)28(34(31,32)21-6-4-3-5-7-21)15-14-24(29)26-19-10-13-23-22(16-19)27-25(30)18(2)33-23/h3-13,16,18H,14-15H2,1-2H3,(H,26,29)(H,27,30)/t18-/m1/s1. The summed E-state index contributed by atoms with van der Waals surface area (Å²) in [5.41, 5.74) is 2.41. The molecule has 0 bridgehead atoms. The SMILES string of the molecule is Cc1ccc(N(CCC(=O)Nc2ccc3c(c2)NC(=O)[C@@H](C)O3)S(=O)(=O)c2ccccc2)cc1. The maximum Gasteiger partial charge on any atom is 0.265 e. The first-order valence-electron chi connectivity index (χ1n) is 10.8. The summed E-state index contributed by atoms with van der Waals surface area (Å²) in [7, 11) is -3.87. The van der Waals surface area contributed by atoms with Crippen LogP contribution in [-0.4, -0.2) is 32.9 Å². The molecule has 8 nitrogen and oxygen atoms in total. The first-order chi connectivity index (χ1) is 16.2. The van der Waals surface area contributed by atoms with E-state index in [1.54, 1.807) is 55.5 Å². The number of rotatable bonds is 7. The van der Waals surface area contributed by atoms with E-state index in [-0.39, 0.29) is 29.7 Å². The Bertz CT molecular complexity index is 1310. The number of benzene rings is 3. The lowest BCUT2D eigenvalue weighted by molar-refractivity contribution is -0.122. The van der Waals surface area contributed by atoms with E-state index in [1.807, 2.05) is 19.1 Å². The summed E-state index contributed by atoms with van der Waals surface area (Å²) in [4.78, 5) is 24.7. The van der Waals surface area contributed by atoms with E-state index in [2.05, 4.69) is 10.6 Å². The number of nitrogens with zero attached hydrogens (tertiary/aromatic N) is 1. The molecule has 2 amide bonds. The van der Waals surface area contributed by atoms with Crippen LogP contribution < -0.4 is 19.7 Å². The van der Waals surface area contributed by atoms with Crippen LogP contribution in [0.15, 0.2) is 77.7 Å². The molecule has 3 aromatic rings. The highest BCUT2D eigenvalue weighted by molar-refractivity contribution is 7.92. The number of ether oxygens (including phenoxy) is 1. The molecule has 1 atom stereocenters. The predicted molar refractivity (Wildman–Crippen MR) is 131 cm³/mol. The molecular weight excluding hydrogens is 454 g/mol. The number of nitrogens with one attached hydrogen (secondary N) is 2. The van der Waals surface area contributed by atoms with Crippen LogP contribution in [0.25, 0.3) is 0 Å². The molecule has 2 N–H and O–H groups in total. The Labute approximate surface area is 198 Å². The van der Waals surface area contributed by atoms with Crippen LogP contribution in [0.1, 0.15) is 18.9 Å². The molecule has 0 spiro atoms. The van der Waals surface area contributed by atoms with Gasteiger partial charge in [0.1, 0.15) is 5.75 Å².